The van der Waals surface area contributed by atoms with Crippen LogP contribution in [0.4, 0.5) is 11.4 Å². The van der Waals surface area contributed by atoms with Crippen molar-refractivity contribution in [3.63, 3.8) is 0 Å². The highest BCUT2D eigenvalue weighted by molar-refractivity contribution is 5.44. The minimum atomic E-state index is 0.501. The fourth-order valence-electron chi connectivity index (χ4n) is 3.82. The molecule has 0 radical (unpaired) electrons. The van der Waals surface area contributed by atoms with E-state index in [1.54, 1.807) is 0 Å². The summed E-state index contributed by atoms with van der Waals surface area (Å²) in [4.78, 5) is 0. The SMILES string of the molecule is CCC(CCc1ccc(Oc2ccc(N)cc2)cc1)c1ccc(Oc2ccc(N)cc2)cc1. The van der Waals surface area contributed by atoms with Gasteiger partial charge in [-0.1, -0.05) is 31.2 Å². The predicted octanol–water partition coefficient (Wildman–Crippen LogP) is 7.56. The summed E-state index contributed by atoms with van der Waals surface area (Å²) < 4.78 is 11.8. The first-order valence-electron chi connectivity index (χ1n) is 11.3. The van der Waals surface area contributed by atoms with Crippen molar-refractivity contribution in [2.75, 3.05) is 11.5 Å². The van der Waals surface area contributed by atoms with Crippen LogP contribution in [-0.2, 0) is 6.42 Å². The Morgan fingerprint density at radius 3 is 1.39 bits per heavy atom. The third-order valence-corrected chi connectivity index (χ3v) is 5.78. The minimum absolute atomic E-state index is 0.501. The van der Waals surface area contributed by atoms with Crippen molar-refractivity contribution < 1.29 is 9.47 Å². The van der Waals surface area contributed by atoms with Gasteiger partial charge in [0.15, 0.2) is 0 Å². The van der Waals surface area contributed by atoms with E-state index in [1.807, 2.05) is 72.8 Å². The molecule has 0 fully saturated rings. The molecule has 0 heterocycles. The molecule has 4 N–H and O–H groups in total. The molecule has 33 heavy (non-hydrogen) atoms. The van der Waals surface area contributed by atoms with Crippen LogP contribution in [0.5, 0.6) is 23.0 Å². The van der Waals surface area contributed by atoms with Gasteiger partial charge in [0, 0.05) is 11.4 Å². The van der Waals surface area contributed by atoms with Gasteiger partial charge in [-0.05, 0) is 109 Å². The van der Waals surface area contributed by atoms with Crippen molar-refractivity contribution in [2.45, 2.75) is 32.1 Å². The number of anilines is 2. The molecule has 0 spiro atoms. The third kappa shape index (κ3) is 6.30. The molecule has 0 aliphatic rings. The summed E-state index contributed by atoms with van der Waals surface area (Å²) in [5.41, 5.74) is 15.6. The van der Waals surface area contributed by atoms with Gasteiger partial charge in [0.1, 0.15) is 23.0 Å². The molecule has 0 aromatic heterocycles. The molecule has 0 aliphatic heterocycles. The van der Waals surface area contributed by atoms with E-state index in [0.717, 1.165) is 53.6 Å². The Morgan fingerprint density at radius 2 is 0.970 bits per heavy atom. The summed E-state index contributed by atoms with van der Waals surface area (Å²) in [6, 6.07) is 31.6. The number of rotatable bonds is 9. The summed E-state index contributed by atoms with van der Waals surface area (Å²) in [6.07, 6.45) is 3.20. The maximum atomic E-state index is 5.92. The lowest BCUT2D eigenvalue weighted by Crippen LogP contribution is -2.00. The highest BCUT2D eigenvalue weighted by Crippen LogP contribution is 2.29. The fourth-order valence-corrected chi connectivity index (χ4v) is 3.82. The van der Waals surface area contributed by atoms with Crippen molar-refractivity contribution in [1.82, 2.24) is 0 Å². The van der Waals surface area contributed by atoms with Gasteiger partial charge >= 0.3 is 0 Å². The van der Waals surface area contributed by atoms with Crippen LogP contribution in [0.3, 0.4) is 0 Å². The third-order valence-electron chi connectivity index (χ3n) is 5.78. The average Bonchev–Trinajstić information content (AvgIpc) is 2.84. The zero-order valence-corrected chi connectivity index (χ0v) is 18.9. The van der Waals surface area contributed by atoms with Gasteiger partial charge in [0.2, 0.25) is 0 Å². The van der Waals surface area contributed by atoms with Crippen LogP contribution < -0.4 is 20.9 Å². The summed E-state index contributed by atoms with van der Waals surface area (Å²) in [7, 11) is 0. The molecule has 168 valence electrons. The van der Waals surface area contributed by atoms with Gasteiger partial charge in [-0.15, -0.1) is 0 Å². The van der Waals surface area contributed by atoms with E-state index in [-0.39, 0.29) is 0 Å². The average molecular weight is 439 g/mol. The van der Waals surface area contributed by atoms with Crippen molar-refractivity contribution in [1.29, 1.82) is 0 Å². The first-order chi connectivity index (χ1) is 16.1. The summed E-state index contributed by atoms with van der Waals surface area (Å²) in [5.74, 6) is 3.73. The first kappa shape index (κ1) is 22.3. The number of ether oxygens (including phenoxy) is 2. The van der Waals surface area contributed by atoms with Crippen LogP contribution in [0.2, 0.25) is 0 Å². The van der Waals surface area contributed by atoms with Crippen molar-refractivity contribution in [3.8, 4) is 23.0 Å². The van der Waals surface area contributed by atoms with E-state index in [0.29, 0.717) is 5.92 Å². The number of aryl methyl sites for hydroxylation is 1. The Balaban J connectivity index is 1.32. The van der Waals surface area contributed by atoms with Crippen LogP contribution in [0, 0.1) is 0 Å². The Hall–Kier alpha value is -3.92. The zero-order valence-electron chi connectivity index (χ0n) is 18.9. The lowest BCUT2D eigenvalue weighted by Gasteiger charge is -2.16. The Kier molecular flexibility index (Phi) is 7.16. The van der Waals surface area contributed by atoms with E-state index < -0.39 is 0 Å². The lowest BCUT2D eigenvalue weighted by molar-refractivity contribution is 0.482. The highest BCUT2D eigenvalue weighted by Gasteiger charge is 2.10. The van der Waals surface area contributed by atoms with Gasteiger partial charge < -0.3 is 20.9 Å². The molecular weight excluding hydrogens is 408 g/mol. The lowest BCUT2D eigenvalue weighted by atomic mass is 9.90. The van der Waals surface area contributed by atoms with Crippen molar-refractivity contribution in [2.24, 2.45) is 0 Å². The number of nitrogens with two attached hydrogens (primary N) is 2. The second-order valence-electron chi connectivity index (χ2n) is 8.20. The molecule has 4 rings (SSSR count). The minimum Gasteiger partial charge on any atom is -0.457 e. The van der Waals surface area contributed by atoms with Crippen LogP contribution >= 0.6 is 0 Å². The van der Waals surface area contributed by atoms with Crippen LogP contribution in [0.1, 0.15) is 36.8 Å². The molecule has 0 aliphatic carbocycles. The van der Waals surface area contributed by atoms with Crippen molar-refractivity contribution in [3.05, 3.63) is 108 Å². The van der Waals surface area contributed by atoms with Crippen LogP contribution in [-0.4, -0.2) is 0 Å². The maximum absolute atomic E-state index is 5.92. The van der Waals surface area contributed by atoms with Gasteiger partial charge in [0.05, 0.1) is 0 Å². The normalized spacial score (nSPS) is 11.7. The topological polar surface area (TPSA) is 70.5 Å². The molecule has 4 nitrogen and oxygen atoms in total. The molecule has 4 aromatic rings. The molecule has 1 unspecified atom stereocenters. The molecule has 0 saturated heterocycles. The van der Waals surface area contributed by atoms with Gasteiger partial charge in [-0.2, -0.15) is 0 Å². The van der Waals surface area contributed by atoms with Crippen LogP contribution in [0.15, 0.2) is 97.1 Å². The molecule has 1 atom stereocenters. The molecule has 4 aromatic carbocycles. The maximum Gasteiger partial charge on any atom is 0.127 e. The number of nitrogen functional groups attached to an aromatic ring is 2. The summed E-state index contributed by atoms with van der Waals surface area (Å²) in [6.45, 7) is 2.24. The number of benzene rings is 4. The van der Waals surface area contributed by atoms with Gasteiger partial charge in [-0.3, -0.25) is 0 Å². The summed E-state index contributed by atoms with van der Waals surface area (Å²) >= 11 is 0. The smallest absolute Gasteiger partial charge is 0.127 e. The Labute approximate surface area is 195 Å². The van der Waals surface area contributed by atoms with E-state index in [1.165, 1.54) is 11.1 Å². The van der Waals surface area contributed by atoms with Gasteiger partial charge in [-0.25, -0.2) is 0 Å². The number of hydrogen-bond donors (Lipinski definition) is 2. The fraction of sp³-hybridized carbons (Fsp3) is 0.172. The standard InChI is InChI=1S/C29H30N2O2/c1-2-22(23-7-15-27(16-8-23)33-29-19-11-25(31)12-20-29)6-3-21-4-13-26(14-5-21)32-28-17-9-24(30)10-18-28/h4-5,7-20,22H,2-3,6,30-31H2,1H3. The molecule has 0 saturated carbocycles. The monoisotopic (exact) mass is 438 g/mol. The first-order valence-corrected chi connectivity index (χ1v) is 11.3. The highest BCUT2D eigenvalue weighted by atomic mass is 16.5. The van der Waals surface area contributed by atoms with E-state index in [4.69, 9.17) is 20.9 Å². The Bertz CT molecular complexity index is 1140. The Morgan fingerprint density at radius 1 is 0.576 bits per heavy atom. The largest absolute Gasteiger partial charge is 0.457 e. The molecule has 0 amide bonds. The van der Waals surface area contributed by atoms with E-state index >= 15 is 0 Å². The van der Waals surface area contributed by atoms with Crippen molar-refractivity contribution >= 4 is 11.4 Å². The second-order valence-corrected chi connectivity index (χ2v) is 8.20. The number of hydrogen-bond acceptors (Lipinski definition) is 4. The summed E-state index contributed by atoms with van der Waals surface area (Å²) in [5, 5.41) is 0. The van der Waals surface area contributed by atoms with Gasteiger partial charge in [0.25, 0.3) is 0 Å². The zero-order chi connectivity index (χ0) is 23.0. The quantitative estimate of drug-likeness (QED) is 0.264. The molecule has 4 heteroatoms. The molecule has 0 bridgehead atoms. The van der Waals surface area contributed by atoms with E-state index in [9.17, 15) is 0 Å². The van der Waals surface area contributed by atoms with Crippen LogP contribution in [0.25, 0.3) is 0 Å². The molecular formula is C29H30N2O2. The second kappa shape index (κ2) is 10.6. The predicted molar refractivity (Wildman–Crippen MR) is 136 cm³/mol. The van der Waals surface area contributed by atoms with E-state index in [2.05, 4.69) is 31.2 Å².